The molecule has 0 aliphatic carbocycles. The van der Waals surface area contributed by atoms with Crippen LogP contribution in [0.5, 0.6) is 17.2 Å². The minimum Gasteiger partial charge on any atom is -0.508 e. The van der Waals surface area contributed by atoms with Crippen molar-refractivity contribution in [2.75, 3.05) is 19.1 Å². The molecule has 34 heavy (non-hydrogen) atoms. The fourth-order valence-electron chi connectivity index (χ4n) is 3.90. The van der Waals surface area contributed by atoms with E-state index in [0.717, 1.165) is 17.0 Å². The van der Waals surface area contributed by atoms with E-state index in [1.165, 1.54) is 50.6 Å². The fourth-order valence-corrected chi connectivity index (χ4v) is 4.13. The fraction of sp³-hybridized carbons (Fsp3) is 0.120. The summed E-state index contributed by atoms with van der Waals surface area (Å²) in [7, 11) is 2.75. The Kier molecular flexibility index (Phi) is 6.17. The Bertz CT molecular complexity index is 1320. The van der Waals surface area contributed by atoms with E-state index in [4.69, 9.17) is 21.1 Å². The Morgan fingerprint density at radius 3 is 2.29 bits per heavy atom. The molecule has 9 heteroatoms. The van der Waals surface area contributed by atoms with Gasteiger partial charge in [-0.2, -0.15) is 0 Å². The Morgan fingerprint density at radius 2 is 1.68 bits per heavy atom. The smallest absolute Gasteiger partial charge is 0.300 e. The third-order valence-corrected chi connectivity index (χ3v) is 5.76. The van der Waals surface area contributed by atoms with Crippen molar-refractivity contribution in [1.29, 1.82) is 0 Å². The number of aromatic hydroxyl groups is 1. The summed E-state index contributed by atoms with van der Waals surface area (Å²) in [4.78, 5) is 27.5. The second-order valence-electron chi connectivity index (χ2n) is 7.43. The van der Waals surface area contributed by atoms with Crippen molar-refractivity contribution < 1.29 is 33.7 Å². The number of ketones is 1. The Hall–Kier alpha value is -4.04. The van der Waals surface area contributed by atoms with Gasteiger partial charge in [0.15, 0.2) is 0 Å². The number of methoxy groups -OCH3 is 2. The van der Waals surface area contributed by atoms with Crippen LogP contribution in [0.2, 0.25) is 5.02 Å². The third kappa shape index (κ3) is 3.92. The van der Waals surface area contributed by atoms with E-state index in [-0.39, 0.29) is 39.1 Å². The molecule has 1 aliphatic heterocycles. The maximum absolute atomic E-state index is 13.5. The molecule has 1 unspecified atom stereocenters. The van der Waals surface area contributed by atoms with Crippen molar-refractivity contribution in [2.45, 2.75) is 6.04 Å². The van der Waals surface area contributed by atoms with Gasteiger partial charge in [-0.25, -0.2) is 4.39 Å². The molecule has 1 aliphatic rings. The first-order chi connectivity index (χ1) is 16.3. The van der Waals surface area contributed by atoms with E-state index in [9.17, 15) is 24.2 Å². The van der Waals surface area contributed by atoms with Crippen molar-refractivity contribution >= 4 is 34.7 Å². The molecule has 2 N–H and O–H groups in total. The second kappa shape index (κ2) is 9.07. The molecule has 0 radical (unpaired) electrons. The SMILES string of the molecule is COc1cc(/C(O)=C2\C(=O)C(=O)N(c3ccc(F)cc3)C2c2cccc(O)c2)c(OC)cc1Cl. The van der Waals surface area contributed by atoms with Gasteiger partial charge in [0, 0.05) is 11.8 Å². The lowest BCUT2D eigenvalue weighted by Gasteiger charge is -2.25. The zero-order valence-corrected chi connectivity index (χ0v) is 18.8. The molecule has 1 amide bonds. The van der Waals surface area contributed by atoms with Crippen LogP contribution in [0.3, 0.4) is 0 Å². The van der Waals surface area contributed by atoms with Crippen LogP contribution < -0.4 is 14.4 Å². The highest BCUT2D eigenvalue weighted by atomic mass is 35.5. The summed E-state index contributed by atoms with van der Waals surface area (Å²) in [6.07, 6.45) is 0. The average Bonchev–Trinajstić information content (AvgIpc) is 3.09. The number of hydrogen-bond donors (Lipinski definition) is 2. The molecular formula is C25H19ClFNO6. The van der Waals surface area contributed by atoms with Gasteiger partial charge in [-0.05, 0) is 48.0 Å². The maximum Gasteiger partial charge on any atom is 0.300 e. The zero-order valence-electron chi connectivity index (χ0n) is 18.1. The molecule has 0 bridgehead atoms. The summed E-state index contributed by atoms with van der Waals surface area (Å²) < 4.78 is 24.1. The van der Waals surface area contributed by atoms with Gasteiger partial charge in [0.2, 0.25) is 0 Å². The van der Waals surface area contributed by atoms with Gasteiger partial charge in [-0.1, -0.05) is 23.7 Å². The molecule has 7 nitrogen and oxygen atoms in total. The molecule has 1 saturated heterocycles. The van der Waals surface area contributed by atoms with Crippen molar-refractivity contribution in [3.05, 3.63) is 88.2 Å². The van der Waals surface area contributed by atoms with Crippen molar-refractivity contribution in [3.63, 3.8) is 0 Å². The van der Waals surface area contributed by atoms with E-state index >= 15 is 0 Å². The summed E-state index contributed by atoms with van der Waals surface area (Å²) in [5.74, 6) is -2.69. The highest BCUT2D eigenvalue weighted by Gasteiger charge is 2.47. The van der Waals surface area contributed by atoms with Crippen LogP contribution in [0.4, 0.5) is 10.1 Å². The largest absolute Gasteiger partial charge is 0.508 e. The first-order valence-corrected chi connectivity index (χ1v) is 10.4. The van der Waals surface area contributed by atoms with Crippen LogP contribution in [0.25, 0.3) is 5.76 Å². The molecule has 3 aromatic rings. The molecule has 0 saturated carbocycles. The normalized spacial score (nSPS) is 17.2. The molecule has 174 valence electrons. The summed E-state index contributed by atoms with van der Waals surface area (Å²) in [6, 6.07) is 12.6. The monoisotopic (exact) mass is 483 g/mol. The predicted octanol–water partition coefficient (Wildman–Crippen LogP) is 4.83. The van der Waals surface area contributed by atoms with Crippen LogP contribution in [0, 0.1) is 5.82 Å². The lowest BCUT2D eigenvalue weighted by molar-refractivity contribution is -0.132. The maximum atomic E-state index is 13.5. The number of Topliss-reactive ketones (excluding diaryl/α,β-unsaturated/α-hetero) is 1. The lowest BCUT2D eigenvalue weighted by Crippen LogP contribution is -2.29. The zero-order chi connectivity index (χ0) is 24.6. The Morgan fingerprint density at radius 1 is 1.00 bits per heavy atom. The number of hydrogen-bond acceptors (Lipinski definition) is 6. The number of phenolic OH excluding ortho intramolecular Hbond substituents is 1. The quantitative estimate of drug-likeness (QED) is 0.306. The molecule has 0 spiro atoms. The third-order valence-electron chi connectivity index (χ3n) is 5.46. The number of aliphatic hydroxyl groups is 1. The highest BCUT2D eigenvalue weighted by molar-refractivity contribution is 6.51. The summed E-state index contributed by atoms with van der Waals surface area (Å²) >= 11 is 6.16. The van der Waals surface area contributed by atoms with Crippen molar-refractivity contribution in [2.24, 2.45) is 0 Å². The molecule has 3 aromatic carbocycles. The minimum atomic E-state index is -1.12. The summed E-state index contributed by atoms with van der Waals surface area (Å²) in [5, 5.41) is 21.6. The van der Waals surface area contributed by atoms with Crippen LogP contribution in [-0.4, -0.2) is 36.1 Å². The van der Waals surface area contributed by atoms with E-state index in [0.29, 0.717) is 5.56 Å². The minimum absolute atomic E-state index is 0.0750. The Labute approximate surface area is 199 Å². The second-order valence-corrected chi connectivity index (χ2v) is 7.83. The number of rotatable bonds is 5. The van der Waals surface area contributed by atoms with Gasteiger partial charge < -0.3 is 19.7 Å². The number of anilines is 1. The number of nitrogens with zero attached hydrogens (tertiary/aromatic N) is 1. The number of benzene rings is 3. The number of aliphatic hydroxyl groups excluding tert-OH is 1. The van der Waals surface area contributed by atoms with E-state index in [1.807, 2.05) is 0 Å². The molecule has 0 aromatic heterocycles. The van der Waals surface area contributed by atoms with Gasteiger partial charge in [-0.15, -0.1) is 0 Å². The predicted molar refractivity (Wildman–Crippen MR) is 124 cm³/mol. The Balaban J connectivity index is 2.00. The number of phenols is 1. The molecule has 1 atom stereocenters. The van der Waals surface area contributed by atoms with Gasteiger partial charge >= 0.3 is 0 Å². The van der Waals surface area contributed by atoms with Crippen molar-refractivity contribution in [3.8, 4) is 17.2 Å². The van der Waals surface area contributed by atoms with Crippen LogP contribution in [-0.2, 0) is 9.59 Å². The van der Waals surface area contributed by atoms with E-state index in [1.54, 1.807) is 12.1 Å². The van der Waals surface area contributed by atoms with Gasteiger partial charge in [0.25, 0.3) is 11.7 Å². The molecular weight excluding hydrogens is 465 g/mol. The average molecular weight is 484 g/mol. The van der Waals surface area contributed by atoms with E-state index < -0.39 is 29.3 Å². The van der Waals surface area contributed by atoms with Crippen LogP contribution in [0.1, 0.15) is 17.2 Å². The van der Waals surface area contributed by atoms with Crippen LogP contribution in [0.15, 0.2) is 66.2 Å². The van der Waals surface area contributed by atoms with Crippen LogP contribution >= 0.6 is 11.6 Å². The highest BCUT2D eigenvalue weighted by Crippen LogP contribution is 2.45. The number of carbonyl (C=O) groups is 2. The van der Waals surface area contributed by atoms with Crippen molar-refractivity contribution in [1.82, 2.24) is 0 Å². The molecule has 1 heterocycles. The number of halogens is 2. The van der Waals surface area contributed by atoms with E-state index in [2.05, 4.69) is 0 Å². The number of carbonyl (C=O) groups excluding carboxylic acids is 2. The first-order valence-electron chi connectivity index (χ1n) is 10.0. The topological polar surface area (TPSA) is 96.3 Å². The van der Waals surface area contributed by atoms with Gasteiger partial charge in [-0.3, -0.25) is 14.5 Å². The lowest BCUT2D eigenvalue weighted by atomic mass is 9.94. The number of amides is 1. The summed E-state index contributed by atoms with van der Waals surface area (Å²) in [6.45, 7) is 0. The first kappa shape index (κ1) is 23.1. The summed E-state index contributed by atoms with van der Waals surface area (Å²) in [5.41, 5.74) is 0.412. The molecule has 4 rings (SSSR count). The molecule has 1 fully saturated rings. The van der Waals surface area contributed by atoms with Gasteiger partial charge in [0.1, 0.15) is 28.8 Å². The van der Waals surface area contributed by atoms with Gasteiger partial charge in [0.05, 0.1) is 36.4 Å². The standard InChI is InChI=1S/C25H19ClFNO6/c1-33-19-12-18(26)20(34-2)11-17(19)23(30)21-22(13-4-3-5-16(29)10-13)28(25(32)24(21)31)15-8-6-14(27)7-9-15/h3-12,22,29-30H,1-2H3/b23-21+. The number of ether oxygens (including phenoxy) is 2.